The maximum atomic E-state index is 13.8. The molecule has 0 radical (unpaired) electrons. The predicted octanol–water partition coefficient (Wildman–Crippen LogP) is 3.73. The van der Waals surface area contributed by atoms with Gasteiger partial charge in [-0.1, -0.05) is 12.2 Å². The van der Waals surface area contributed by atoms with Crippen molar-refractivity contribution < 1.29 is 33.4 Å². The van der Waals surface area contributed by atoms with E-state index in [1.54, 1.807) is 80.9 Å². The number of unbranched alkanes of at least 4 members (excludes halogenated alkanes) is 1. The molecule has 0 fully saturated rings. The number of nitrogens with zero attached hydrogens (tertiary/aromatic N) is 8. The Morgan fingerprint density at radius 2 is 1.22 bits per heavy atom. The first-order chi connectivity index (χ1) is 28.4. The van der Waals surface area contributed by atoms with E-state index >= 15 is 0 Å². The highest BCUT2D eigenvalue weighted by atomic mass is 16.5. The van der Waals surface area contributed by atoms with E-state index in [1.807, 2.05) is 19.1 Å². The normalized spacial score (nSPS) is 11.5. The van der Waals surface area contributed by atoms with Gasteiger partial charge in [-0.05, 0) is 82.1 Å². The Morgan fingerprint density at radius 3 is 1.71 bits per heavy atom. The number of fused-ring (bicyclic) bond motifs is 2. The summed E-state index contributed by atoms with van der Waals surface area (Å²) >= 11 is 0. The minimum absolute atomic E-state index is 0.214. The van der Waals surface area contributed by atoms with Gasteiger partial charge in [0.25, 0.3) is 11.8 Å². The van der Waals surface area contributed by atoms with Crippen LogP contribution in [0.1, 0.15) is 79.3 Å². The van der Waals surface area contributed by atoms with Gasteiger partial charge < -0.3 is 30.1 Å². The Balaban J connectivity index is 1.22. The SMILES string of the molecule is CCn1nc(C)cc1C(=O)Nc1nc2cc(C(N)=O)ccc2n1C/C=C/Cn1c(NC(=O)c2cc(C)nn2CCOCCCCC(=O)OC)nc2cc(C(N)=O)ccc21. The van der Waals surface area contributed by atoms with E-state index in [9.17, 15) is 24.0 Å². The van der Waals surface area contributed by atoms with Crippen LogP contribution in [0.2, 0.25) is 0 Å². The number of benzene rings is 2. The number of amides is 4. The van der Waals surface area contributed by atoms with Gasteiger partial charge in [0.05, 0.1) is 53.7 Å². The van der Waals surface area contributed by atoms with Gasteiger partial charge in [0.2, 0.25) is 23.7 Å². The molecule has 19 heteroatoms. The second-order valence-electron chi connectivity index (χ2n) is 13.6. The predicted molar refractivity (Wildman–Crippen MR) is 218 cm³/mol. The minimum Gasteiger partial charge on any atom is -0.469 e. The van der Waals surface area contributed by atoms with Gasteiger partial charge in [0, 0.05) is 43.8 Å². The Morgan fingerprint density at radius 1 is 0.712 bits per heavy atom. The van der Waals surface area contributed by atoms with Crippen LogP contribution in [-0.4, -0.2) is 88.6 Å². The third-order valence-corrected chi connectivity index (χ3v) is 9.42. The number of hydrogen-bond acceptors (Lipinski definition) is 11. The molecular formula is C40H46N12O7. The van der Waals surface area contributed by atoms with E-state index in [-0.39, 0.29) is 42.1 Å². The number of ether oxygens (including phenoxy) is 2. The van der Waals surface area contributed by atoms with Crippen molar-refractivity contribution in [3.8, 4) is 0 Å². The lowest BCUT2D eigenvalue weighted by atomic mass is 10.2. The van der Waals surface area contributed by atoms with Gasteiger partial charge in [-0.2, -0.15) is 10.2 Å². The van der Waals surface area contributed by atoms with E-state index in [1.165, 1.54) is 7.11 Å². The zero-order valence-corrected chi connectivity index (χ0v) is 33.2. The maximum Gasteiger partial charge on any atom is 0.305 e. The van der Waals surface area contributed by atoms with E-state index in [0.29, 0.717) is 90.4 Å². The van der Waals surface area contributed by atoms with Gasteiger partial charge in [0.1, 0.15) is 11.4 Å². The molecule has 0 saturated carbocycles. The van der Waals surface area contributed by atoms with Crippen molar-refractivity contribution >= 4 is 63.6 Å². The first kappa shape index (κ1) is 41.5. The van der Waals surface area contributed by atoms with Crippen LogP contribution in [0.4, 0.5) is 11.9 Å². The van der Waals surface area contributed by atoms with Crippen LogP contribution in [0, 0.1) is 13.8 Å². The molecule has 0 spiro atoms. The van der Waals surface area contributed by atoms with Crippen molar-refractivity contribution in [1.29, 1.82) is 0 Å². The molecule has 4 aromatic heterocycles. The lowest BCUT2D eigenvalue weighted by molar-refractivity contribution is -0.140. The third-order valence-electron chi connectivity index (χ3n) is 9.42. The highest BCUT2D eigenvalue weighted by Gasteiger charge is 2.21. The zero-order chi connectivity index (χ0) is 42.2. The standard InChI is InChI=1S/C40H46N12O7/c1-5-51-32(20-24(2)47-51)37(56)45-39-43-28-22-26(35(41)54)11-13-30(28)49(39)15-7-8-16-50-31-14-12-27(36(42)55)23-29(31)44-40(50)46-38(57)33-21-25(3)48-52(33)17-19-59-18-9-6-10-34(53)58-4/h7-8,11-14,20-23H,5-6,9-10,15-19H2,1-4H3,(H2,41,54)(H2,42,55)(H,43,45,56)(H,44,46,57)/b8-7+. The summed E-state index contributed by atoms with van der Waals surface area (Å²) in [6, 6.07) is 13.1. The summed E-state index contributed by atoms with van der Waals surface area (Å²) in [7, 11) is 1.36. The second-order valence-corrected chi connectivity index (χ2v) is 13.6. The van der Waals surface area contributed by atoms with Crippen LogP contribution in [0.15, 0.2) is 60.7 Å². The van der Waals surface area contributed by atoms with Gasteiger partial charge in [-0.25, -0.2) is 9.97 Å². The lowest BCUT2D eigenvalue weighted by Crippen LogP contribution is -2.21. The number of anilines is 2. The van der Waals surface area contributed by atoms with Crippen LogP contribution in [0.5, 0.6) is 0 Å². The van der Waals surface area contributed by atoms with E-state index in [4.69, 9.17) is 16.2 Å². The number of imidazole rings is 2. The number of primary amides is 2. The molecular weight excluding hydrogens is 761 g/mol. The van der Waals surface area contributed by atoms with E-state index in [0.717, 1.165) is 0 Å². The Kier molecular flexibility index (Phi) is 12.9. The third kappa shape index (κ3) is 9.70. The van der Waals surface area contributed by atoms with Crippen LogP contribution in [0.3, 0.4) is 0 Å². The van der Waals surface area contributed by atoms with Crippen LogP contribution >= 0.6 is 0 Å². The largest absolute Gasteiger partial charge is 0.469 e. The summed E-state index contributed by atoms with van der Waals surface area (Å²) in [5.41, 5.74) is 15.8. The van der Waals surface area contributed by atoms with Gasteiger partial charge in [-0.3, -0.25) is 44.0 Å². The van der Waals surface area contributed by atoms with Crippen LogP contribution < -0.4 is 22.1 Å². The smallest absolute Gasteiger partial charge is 0.305 e. The Bertz CT molecular complexity index is 2580. The molecule has 19 nitrogen and oxygen atoms in total. The average Bonchev–Trinajstić information content (AvgIpc) is 3.97. The van der Waals surface area contributed by atoms with Gasteiger partial charge in [-0.15, -0.1) is 0 Å². The van der Waals surface area contributed by atoms with Gasteiger partial charge >= 0.3 is 5.97 Å². The van der Waals surface area contributed by atoms with Crippen molar-refractivity contribution in [3.05, 3.63) is 94.6 Å². The first-order valence-electron chi connectivity index (χ1n) is 19.0. The number of rotatable bonds is 19. The summed E-state index contributed by atoms with van der Waals surface area (Å²) in [6.45, 7) is 7.51. The highest BCUT2D eigenvalue weighted by molar-refractivity contribution is 6.04. The molecule has 59 heavy (non-hydrogen) atoms. The van der Waals surface area contributed by atoms with Crippen molar-refractivity contribution in [3.63, 3.8) is 0 Å². The fraction of sp³-hybridized carbons (Fsp3) is 0.325. The molecule has 0 unspecified atom stereocenters. The molecule has 0 aliphatic carbocycles. The molecule has 4 heterocycles. The van der Waals surface area contributed by atoms with Crippen molar-refractivity contribution in [2.45, 2.75) is 66.2 Å². The molecule has 0 bridgehead atoms. The summed E-state index contributed by atoms with van der Waals surface area (Å²) in [6.07, 6.45) is 5.37. The van der Waals surface area contributed by atoms with Crippen molar-refractivity contribution in [1.82, 2.24) is 38.7 Å². The maximum absolute atomic E-state index is 13.8. The molecule has 0 atom stereocenters. The summed E-state index contributed by atoms with van der Waals surface area (Å²) < 4.78 is 17.1. The first-order valence-corrected chi connectivity index (χ1v) is 19.0. The topological polar surface area (TPSA) is 251 Å². The number of carbonyl (C=O) groups is 5. The average molecular weight is 807 g/mol. The number of hydrogen-bond donors (Lipinski definition) is 4. The molecule has 6 N–H and O–H groups in total. The van der Waals surface area contributed by atoms with E-state index in [2.05, 4.69) is 35.5 Å². The fourth-order valence-electron chi connectivity index (χ4n) is 6.51. The molecule has 308 valence electrons. The number of allylic oxidation sites excluding steroid dienone is 2. The number of aryl methyl sites for hydroxylation is 3. The van der Waals surface area contributed by atoms with Gasteiger partial charge in [0.15, 0.2) is 0 Å². The second kappa shape index (κ2) is 18.4. The van der Waals surface area contributed by atoms with Crippen molar-refractivity contribution in [2.75, 3.05) is 31.0 Å². The summed E-state index contributed by atoms with van der Waals surface area (Å²) in [5.74, 6) is -1.90. The number of nitrogens with two attached hydrogens (primary N) is 2. The highest BCUT2D eigenvalue weighted by Crippen LogP contribution is 2.24. The number of esters is 1. The van der Waals surface area contributed by atoms with Crippen LogP contribution in [0.25, 0.3) is 22.1 Å². The number of aromatic nitrogens is 8. The molecule has 6 aromatic rings. The number of methoxy groups -OCH3 is 1. The fourth-order valence-corrected chi connectivity index (χ4v) is 6.51. The minimum atomic E-state index is -0.621. The monoisotopic (exact) mass is 806 g/mol. The van der Waals surface area contributed by atoms with Crippen molar-refractivity contribution in [2.24, 2.45) is 11.5 Å². The van der Waals surface area contributed by atoms with E-state index < -0.39 is 23.6 Å². The molecule has 4 amide bonds. The summed E-state index contributed by atoms with van der Waals surface area (Å²) in [4.78, 5) is 71.8. The number of nitrogens with one attached hydrogen (secondary N) is 2. The Hall–Kier alpha value is -7.15. The lowest BCUT2D eigenvalue weighted by Gasteiger charge is -2.11. The zero-order valence-electron chi connectivity index (χ0n) is 33.2. The Labute approximate surface area is 338 Å². The molecule has 2 aromatic carbocycles. The quantitative estimate of drug-likeness (QED) is 0.0521. The molecule has 6 rings (SSSR count). The molecule has 0 aliphatic heterocycles. The molecule has 0 saturated heterocycles. The molecule has 0 aliphatic rings. The summed E-state index contributed by atoms with van der Waals surface area (Å²) in [5, 5.41) is 14.7. The van der Waals surface area contributed by atoms with Crippen LogP contribution in [-0.2, 0) is 40.4 Å². The number of carbonyl (C=O) groups excluding carboxylic acids is 5.